The van der Waals surface area contributed by atoms with E-state index in [1.165, 1.54) is 22.4 Å². The first kappa shape index (κ1) is 26.0. The fourth-order valence-electron chi connectivity index (χ4n) is 5.88. The predicted octanol–water partition coefficient (Wildman–Crippen LogP) is 6.16. The molecule has 2 aliphatic heterocycles. The van der Waals surface area contributed by atoms with E-state index < -0.39 is 11.8 Å². The number of anilines is 2. The molecule has 0 radical (unpaired) electrons. The van der Waals surface area contributed by atoms with E-state index in [2.05, 4.69) is 73.0 Å². The number of hydrogen-bond acceptors (Lipinski definition) is 7. The fourth-order valence-corrected chi connectivity index (χ4v) is 5.88. The van der Waals surface area contributed by atoms with Crippen LogP contribution in [-0.2, 0) is 22.4 Å². The van der Waals surface area contributed by atoms with E-state index in [-0.39, 0.29) is 0 Å². The molecule has 1 fully saturated rings. The molecule has 7 heteroatoms. The van der Waals surface area contributed by atoms with Crippen LogP contribution in [0.2, 0.25) is 0 Å². The standard InChI is InChI=1S/C31H38N4O3/c1-6-37-30(36)38-31(5)16-10-17-35(20-31)29-24-19-34(26-14-8-7-11-21(26)2)18-15-25(24)32-28(33-29)27-22(3)12-9-13-23(27)4/h7-9,11-14H,6,10,15-20H2,1-5H3. The molecule has 2 aliphatic rings. The van der Waals surface area contributed by atoms with Crippen molar-refractivity contribution in [1.29, 1.82) is 0 Å². The maximum atomic E-state index is 12.2. The molecular weight excluding hydrogens is 476 g/mol. The third-order valence-electron chi connectivity index (χ3n) is 7.75. The van der Waals surface area contributed by atoms with E-state index in [0.717, 1.165) is 67.4 Å². The van der Waals surface area contributed by atoms with Crippen LogP contribution in [0.4, 0.5) is 16.3 Å². The number of hydrogen-bond donors (Lipinski definition) is 0. The molecule has 2 aromatic carbocycles. The van der Waals surface area contributed by atoms with Gasteiger partial charge in [0.25, 0.3) is 0 Å². The van der Waals surface area contributed by atoms with Gasteiger partial charge in [0, 0.05) is 42.9 Å². The van der Waals surface area contributed by atoms with Gasteiger partial charge in [0.15, 0.2) is 5.82 Å². The maximum absolute atomic E-state index is 12.2. The molecule has 3 aromatic rings. The van der Waals surface area contributed by atoms with Gasteiger partial charge in [-0.15, -0.1) is 0 Å². The molecule has 1 unspecified atom stereocenters. The van der Waals surface area contributed by atoms with Crippen LogP contribution >= 0.6 is 0 Å². The van der Waals surface area contributed by atoms with Crippen LogP contribution in [0.3, 0.4) is 0 Å². The van der Waals surface area contributed by atoms with E-state index in [1.54, 1.807) is 6.92 Å². The molecule has 5 rings (SSSR count). The number of nitrogens with zero attached hydrogens (tertiary/aromatic N) is 4. The fraction of sp³-hybridized carbons (Fsp3) is 0.452. The quantitative estimate of drug-likeness (QED) is 0.378. The van der Waals surface area contributed by atoms with Gasteiger partial charge >= 0.3 is 6.16 Å². The summed E-state index contributed by atoms with van der Waals surface area (Å²) < 4.78 is 10.9. The average molecular weight is 515 g/mol. The molecule has 0 bridgehead atoms. The van der Waals surface area contributed by atoms with Gasteiger partial charge < -0.3 is 19.3 Å². The van der Waals surface area contributed by atoms with Crippen molar-refractivity contribution in [3.63, 3.8) is 0 Å². The monoisotopic (exact) mass is 514 g/mol. The van der Waals surface area contributed by atoms with Crippen LogP contribution < -0.4 is 9.80 Å². The lowest BCUT2D eigenvalue weighted by Crippen LogP contribution is -2.50. The van der Waals surface area contributed by atoms with Crippen molar-refractivity contribution in [3.8, 4) is 11.4 Å². The second kappa shape index (κ2) is 10.6. The average Bonchev–Trinajstić information content (AvgIpc) is 2.88. The first-order valence-corrected chi connectivity index (χ1v) is 13.7. The van der Waals surface area contributed by atoms with Crippen molar-refractivity contribution in [1.82, 2.24) is 9.97 Å². The minimum Gasteiger partial charge on any atom is -0.435 e. The van der Waals surface area contributed by atoms with Crippen molar-refractivity contribution in [3.05, 3.63) is 70.4 Å². The maximum Gasteiger partial charge on any atom is 0.508 e. The van der Waals surface area contributed by atoms with Gasteiger partial charge in [-0.25, -0.2) is 14.8 Å². The number of fused-ring (bicyclic) bond motifs is 1. The second-order valence-corrected chi connectivity index (χ2v) is 10.8. The Hall–Kier alpha value is -3.61. The Morgan fingerprint density at radius 2 is 1.71 bits per heavy atom. The summed E-state index contributed by atoms with van der Waals surface area (Å²) in [4.78, 5) is 27.4. The zero-order chi connectivity index (χ0) is 26.9. The zero-order valence-corrected chi connectivity index (χ0v) is 23.2. The smallest absolute Gasteiger partial charge is 0.435 e. The van der Waals surface area contributed by atoms with Crippen LogP contribution in [0.5, 0.6) is 0 Å². The predicted molar refractivity (Wildman–Crippen MR) is 151 cm³/mol. The number of ether oxygens (including phenoxy) is 2. The molecule has 1 atom stereocenters. The van der Waals surface area contributed by atoms with Gasteiger partial charge in [-0.3, -0.25) is 0 Å². The molecule has 1 saturated heterocycles. The topological polar surface area (TPSA) is 67.8 Å². The molecule has 0 spiro atoms. The summed E-state index contributed by atoms with van der Waals surface area (Å²) in [5.74, 6) is 1.72. The molecule has 0 aliphatic carbocycles. The number of rotatable bonds is 5. The van der Waals surface area contributed by atoms with Crippen molar-refractivity contribution in [2.75, 3.05) is 36.0 Å². The third-order valence-corrected chi connectivity index (χ3v) is 7.75. The summed E-state index contributed by atoms with van der Waals surface area (Å²) in [7, 11) is 0. The minimum absolute atomic E-state index is 0.298. The molecule has 3 heterocycles. The van der Waals surface area contributed by atoms with Crippen LogP contribution in [0.1, 0.15) is 54.6 Å². The Bertz CT molecular complexity index is 1320. The Morgan fingerprint density at radius 1 is 0.974 bits per heavy atom. The number of carbonyl (C=O) groups is 1. The number of aryl methyl sites for hydroxylation is 3. The highest BCUT2D eigenvalue weighted by Crippen LogP contribution is 2.37. The van der Waals surface area contributed by atoms with Gasteiger partial charge in [-0.05, 0) is 70.2 Å². The van der Waals surface area contributed by atoms with E-state index >= 15 is 0 Å². The highest BCUT2D eigenvalue weighted by atomic mass is 16.7. The van der Waals surface area contributed by atoms with Crippen LogP contribution in [-0.4, -0.2) is 48.0 Å². The summed E-state index contributed by atoms with van der Waals surface area (Å²) in [6.07, 6.45) is 1.93. The van der Waals surface area contributed by atoms with Crippen molar-refractivity contribution in [2.45, 2.75) is 66.0 Å². The molecule has 0 amide bonds. The summed E-state index contributed by atoms with van der Waals surface area (Å²) in [5, 5.41) is 0. The van der Waals surface area contributed by atoms with Gasteiger partial charge in [-0.1, -0.05) is 36.4 Å². The summed E-state index contributed by atoms with van der Waals surface area (Å²) in [5.41, 5.74) is 7.57. The highest BCUT2D eigenvalue weighted by molar-refractivity contribution is 5.68. The van der Waals surface area contributed by atoms with Crippen molar-refractivity contribution >= 4 is 17.7 Å². The minimum atomic E-state index is -0.647. The van der Waals surface area contributed by atoms with Crippen LogP contribution in [0.25, 0.3) is 11.4 Å². The van der Waals surface area contributed by atoms with E-state index in [1.807, 2.05) is 6.92 Å². The lowest BCUT2D eigenvalue weighted by Gasteiger charge is -2.42. The van der Waals surface area contributed by atoms with Crippen molar-refractivity contribution in [2.24, 2.45) is 0 Å². The van der Waals surface area contributed by atoms with Gasteiger partial charge in [0.1, 0.15) is 11.4 Å². The first-order chi connectivity index (χ1) is 18.3. The lowest BCUT2D eigenvalue weighted by atomic mass is 9.93. The summed E-state index contributed by atoms with van der Waals surface area (Å²) in [6, 6.07) is 14.9. The summed E-state index contributed by atoms with van der Waals surface area (Å²) >= 11 is 0. The largest absolute Gasteiger partial charge is 0.508 e. The van der Waals surface area contributed by atoms with Crippen molar-refractivity contribution < 1.29 is 14.3 Å². The SMILES string of the molecule is CCOC(=O)OC1(C)CCCN(c2nc(-c3c(C)cccc3C)nc3c2CN(c2ccccc2C)CC3)C1. The number of para-hydroxylation sites is 1. The normalized spacial score (nSPS) is 19.2. The van der Waals surface area contributed by atoms with E-state index in [0.29, 0.717) is 13.2 Å². The molecule has 7 nitrogen and oxygen atoms in total. The first-order valence-electron chi connectivity index (χ1n) is 13.7. The summed E-state index contributed by atoms with van der Waals surface area (Å²) in [6.45, 7) is 13.5. The highest BCUT2D eigenvalue weighted by Gasteiger charge is 2.38. The third kappa shape index (κ3) is 5.19. The Labute approximate surface area is 225 Å². The lowest BCUT2D eigenvalue weighted by molar-refractivity contribution is -0.0304. The molecule has 38 heavy (non-hydrogen) atoms. The Kier molecular flexibility index (Phi) is 7.28. The molecule has 1 aromatic heterocycles. The number of aromatic nitrogens is 2. The molecular formula is C31H38N4O3. The van der Waals surface area contributed by atoms with E-state index in [9.17, 15) is 4.79 Å². The zero-order valence-electron chi connectivity index (χ0n) is 23.2. The molecule has 0 N–H and O–H groups in total. The Balaban J connectivity index is 1.57. The number of benzene rings is 2. The van der Waals surface area contributed by atoms with Crippen LogP contribution in [0, 0.1) is 20.8 Å². The van der Waals surface area contributed by atoms with Crippen LogP contribution in [0.15, 0.2) is 42.5 Å². The van der Waals surface area contributed by atoms with Gasteiger partial charge in [-0.2, -0.15) is 0 Å². The Morgan fingerprint density at radius 3 is 2.45 bits per heavy atom. The second-order valence-electron chi connectivity index (χ2n) is 10.8. The van der Waals surface area contributed by atoms with Gasteiger partial charge in [0.05, 0.1) is 18.8 Å². The molecule has 200 valence electrons. The number of piperidine rings is 1. The molecule has 0 saturated carbocycles. The van der Waals surface area contributed by atoms with Gasteiger partial charge in [0.2, 0.25) is 0 Å². The number of carbonyl (C=O) groups excluding carboxylic acids is 1. The van der Waals surface area contributed by atoms with E-state index in [4.69, 9.17) is 19.4 Å².